The van der Waals surface area contributed by atoms with E-state index >= 15 is 0 Å². The summed E-state index contributed by atoms with van der Waals surface area (Å²) in [5.41, 5.74) is 2.42. The maximum Gasteiger partial charge on any atom is 0.412 e. The van der Waals surface area contributed by atoms with Crippen molar-refractivity contribution < 1.29 is 27.9 Å². The molecule has 4 aliphatic carbocycles. The van der Waals surface area contributed by atoms with Crippen LogP contribution >= 0.6 is 12.0 Å². The van der Waals surface area contributed by atoms with Gasteiger partial charge in [-0.25, -0.2) is 4.79 Å². The Bertz CT molecular complexity index is 751. The second-order valence-electron chi connectivity index (χ2n) is 9.76. The van der Waals surface area contributed by atoms with Crippen LogP contribution in [0.15, 0.2) is 24.3 Å². The van der Waals surface area contributed by atoms with Gasteiger partial charge in [0.1, 0.15) is 0 Å². The smallest absolute Gasteiger partial charge is 0.412 e. The summed E-state index contributed by atoms with van der Waals surface area (Å²) in [6.07, 6.45) is 6.11. The van der Waals surface area contributed by atoms with Gasteiger partial charge in [0.25, 0.3) is 0 Å². The molecule has 0 heterocycles. The van der Waals surface area contributed by atoms with E-state index in [1.165, 1.54) is 17.5 Å². The van der Waals surface area contributed by atoms with Crippen LogP contribution in [0.5, 0.6) is 0 Å². The van der Waals surface area contributed by atoms with Crippen molar-refractivity contribution in [3.8, 4) is 0 Å². The van der Waals surface area contributed by atoms with Gasteiger partial charge in [0, 0.05) is 5.41 Å². The first kappa shape index (κ1) is 21.1. The molecule has 1 aromatic rings. The van der Waals surface area contributed by atoms with Crippen molar-refractivity contribution >= 4 is 18.0 Å². The van der Waals surface area contributed by atoms with Gasteiger partial charge in [-0.2, -0.15) is 8.78 Å². The minimum absolute atomic E-state index is 0.0142. The molecule has 7 heteroatoms. The highest BCUT2D eigenvalue weighted by Gasteiger charge is 2.59. The van der Waals surface area contributed by atoms with Gasteiger partial charge in [0.15, 0.2) is 0 Å². The fraction of sp³-hybridized carbons (Fsp3) is 0.682. The van der Waals surface area contributed by atoms with Gasteiger partial charge in [-0.3, -0.25) is 0 Å². The molecule has 0 radical (unpaired) electrons. The predicted molar refractivity (Wildman–Crippen MR) is 104 cm³/mol. The first-order chi connectivity index (χ1) is 13.7. The summed E-state index contributed by atoms with van der Waals surface area (Å²) in [6, 6.07) is 8.87. The number of hydrogen-bond donors (Lipinski definition) is 0. The number of carbonyl (C=O) groups is 1. The van der Waals surface area contributed by atoms with Crippen LogP contribution in [0.4, 0.5) is 8.78 Å². The van der Waals surface area contributed by atoms with E-state index in [0.717, 1.165) is 32.1 Å². The summed E-state index contributed by atoms with van der Waals surface area (Å²) >= 11 is -0.705. The lowest BCUT2D eigenvalue weighted by Crippen LogP contribution is -2.55. The fourth-order valence-corrected chi connectivity index (χ4v) is 6.77. The van der Waals surface area contributed by atoms with Crippen molar-refractivity contribution in [3.63, 3.8) is 0 Å². The molecule has 4 fully saturated rings. The quantitative estimate of drug-likeness (QED) is 0.274. The molecule has 0 spiro atoms. The molecule has 29 heavy (non-hydrogen) atoms. The van der Waals surface area contributed by atoms with Crippen LogP contribution in [0.25, 0.3) is 0 Å². The van der Waals surface area contributed by atoms with E-state index in [0.29, 0.717) is 17.8 Å². The van der Waals surface area contributed by atoms with E-state index in [-0.39, 0.29) is 17.4 Å². The Hall–Kier alpha value is -1.18. The van der Waals surface area contributed by atoms with Gasteiger partial charge in [-0.15, -0.1) is 0 Å². The highest BCUT2D eigenvalue weighted by molar-refractivity contribution is 7.96. The molecule has 4 aliphatic rings. The van der Waals surface area contributed by atoms with E-state index in [9.17, 15) is 18.8 Å². The van der Waals surface area contributed by atoms with Crippen LogP contribution in [-0.4, -0.2) is 17.8 Å². The average molecular weight is 426 g/mol. The monoisotopic (exact) mass is 425 g/mol. The fourth-order valence-electron chi connectivity index (χ4n) is 6.56. The van der Waals surface area contributed by atoms with Crippen LogP contribution in [0, 0.1) is 17.3 Å². The maximum absolute atomic E-state index is 13.6. The van der Waals surface area contributed by atoms with Crippen molar-refractivity contribution in [2.45, 2.75) is 69.0 Å². The predicted octanol–water partition coefficient (Wildman–Crippen LogP) is 4.72. The molecule has 0 amide bonds. The molecular formula is C22H27F2O4S-. The minimum atomic E-state index is -3.98. The van der Waals surface area contributed by atoms with Gasteiger partial charge in [-0.05, 0) is 72.8 Å². The number of alkyl halides is 2. The van der Waals surface area contributed by atoms with E-state index in [2.05, 4.69) is 42.4 Å². The number of halogens is 2. The largest absolute Gasteiger partial charge is 0.710 e. The molecule has 2 atom stereocenters. The molecule has 1 aromatic carbocycles. The van der Waals surface area contributed by atoms with Gasteiger partial charge < -0.3 is 14.3 Å². The molecule has 0 aromatic heterocycles. The lowest BCUT2D eigenvalue weighted by molar-refractivity contribution is -0.630. The van der Waals surface area contributed by atoms with Crippen molar-refractivity contribution in [3.05, 3.63) is 35.4 Å². The van der Waals surface area contributed by atoms with Crippen LogP contribution in [0.1, 0.15) is 69.4 Å². The minimum Gasteiger partial charge on any atom is -0.710 e. The Morgan fingerprint density at radius 3 is 2.38 bits per heavy atom. The third-order valence-corrected chi connectivity index (χ3v) is 7.70. The Kier molecular flexibility index (Phi) is 5.45. The number of carbonyl (C=O) groups excluding carboxylic acids is 1. The van der Waals surface area contributed by atoms with Crippen LogP contribution < -0.4 is 5.26 Å². The van der Waals surface area contributed by atoms with E-state index in [1.54, 1.807) is 0 Å². The third-order valence-electron chi connectivity index (χ3n) is 7.26. The summed E-state index contributed by atoms with van der Waals surface area (Å²) in [6.45, 7) is 4.34. The second-order valence-corrected chi connectivity index (χ2v) is 10.6. The molecule has 0 aliphatic heterocycles. The SMILES string of the molecule is CC(C)c1ccc(C23CC4CC(CC(COC(=O)C(F)(F)SO[O-])(C4)C2)C3)cc1. The lowest BCUT2D eigenvalue weighted by atomic mass is 9.43. The molecular weight excluding hydrogens is 398 g/mol. The first-order valence-corrected chi connectivity index (χ1v) is 11.0. The highest BCUT2D eigenvalue weighted by Crippen LogP contribution is 2.65. The summed E-state index contributed by atoms with van der Waals surface area (Å²) in [4.78, 5) is 11.8. The third kappa shape index (κ3) is 3.93. The van der Waals surface area contributed by atoms with Crippen LogP contribution in [0.3, 0.4) is 0 Å². The first-order valence-electron chi connectivity index (χ1n) is 10.3. The summed E-state index contributed by atoms with van der Waals surface area (Å²) in [5, 5.41) is 6.04. The Labute approximate surface area is 174 Å². The summed E-state index contributed by atoms with van der Waals surface area (Å²) in [5.74, 6) is -0.132. The van der Waals surface area contributed by atoms with E-state index in [4.69, 9.17) is 4.74 Å². The number of benzene rings is 1. The van der Waals surface area contributed by atoms with E-state index < -0.39 is 23.3 Å². The molecule has 0 N–H and O–H groups in total. The topological polar surface area (TPSA) is 58.6 Å². The molecule has 4 saturated carbocycles. The molecule has 0 saturated heterocycles. The molecule has 2 unspecified atom stereocenters. The van der Waals surface area contributed by atoms with Crippen molar-refractivity contribution in [1.82, 2.24) is 0 Å². The zero-order valence-corrected chi connectivity index (χ0v) is 17.6. The van der Waals surface area contributed by atoms with E-state index in [1.807, 2.05) is 0 Å². The number of rotatable bonds is 7. The van der Waals surface area contributed by atoms with Crippen molar-refractivity contribution in [2.24, 2.45) is 17.3 Å². The zero-order chi connectivity index (χ0) is 20.9. The molecule has 4 nitrogen and oxygen atoms in total. The second kappa shape index (κ2) is 7.50. The van der Waals surface area contributed by atoms with Gasteiger partial charge in [0.2, 0.25) is 0 Å². The zero-order valence-electron chi connectivity index (χ0n) is 16.8. The van der Waals surface area contributed by atoms with Crippen LogP contribution in [-0.2, 0) is 19.3 Å². The number of ether oxygens (including phenoxy) is 1. The Morgan fingerprint density at radius 1 is 1.21 bits per heavy atom. The highest BCUT2D eigenvalue weighted by atomic mass is 32.2. The molecule has 4 bridgehead atoms. The van der Waals surface area contributed by atoms with Crippen LogP contribution in [0.2, 0.25) is 0 Å². The normalized spacial score (nSPS) is 33.3. The average Bonchev–Trinajstić information content (AvgIpc) is 2.65. The summed E-state index contributed by atoms with van der Waals surface area (Å²) in [7, 11) is 0. The molecule has 160 valence electrons. The van der Waals surface area contributed by atoms with Gasteiger partial charge >= 0.3 is 11.2 Å². The number of esters is 1. The maximum atomic E-state index is 13.6. The standard InChI is InChI=1S/C22H28F2O4S/c1-14(2)17-3-5-18(6-4-17)21-10-15-7-16(11-21)9-20(8-15,12-21)13-27-19(25)22(23,24)29-28-26/h3-6,14-16,26H,7-13H2,1-2H3/p-1. The molecule has 5 rings (SSSR count). The Morgan fingerprint density at radius 2 is 1.83 bits per heavy atom. The van der Waals surface area contributed by atoms with Crippen molar-refractivity contribution in [2.75, 3.05) is 6.61 Å². The number of hydrogen-bond acceptors (Lipinski definition) is 5. The Balaban J connectivity index is 1.53. The van der Waals surface area contributed by atoms with Crippen molar-refractivity contribution in [1.29, 1.82) is 0 Å². The summed E-state index contributed by atoms with van der Waals surface area (Å²) < 4.78 is 35.4. The van der Waals surface area contributed by atoms with Gasteiger partial charge in [0.05, 0.1) is 18.6 Å². The van der Waals surface area contributed by atoms with Gasteiger partial charge in [-0.1, -0.05) is 38.1 Å². The lowest BCUT2D eigenvalue weighted by Gasteiger charge is -2.62.